The molecule has 0 radical (unpaired) electrons. The summed E-state index contributed by atoms with van der Waals surface area (Å²) in [5.41, 5.74) is -0.498. The van der Waals surface area contributed by atoms with Crippen molar-refractivity contribution in [2.45, 2.75) is 37.7 Å². The second-order valence-electron chi connectivity index (χ2n) is 4.56. The van der Waals surface area contributed by atoms with Crippen LogP contribution in [0.25, 0.3) is 0 Å². The second-order valence-corrected chi connectivity index (χ2v) is 4.97. The first-order chi connectivity index (χ1) is 7.32. The first-order valence-electron chi connectivity index (χ1n) is 5.20. The zero-order valence-electron chi connectivity index (χ0n) is 8.93. The number of hydrogen-bond donors (Lipinski definition) is 1. The molecule has 0 saturated heterocycles. The molecule has 1 nitrogen and oxygen atoms in total. The van der Waals surface area contributed by atoms with E-state index < -0.39 is 11.5 Å². The average molecular weight is 247 g/mol. The standard InChI is InChI=1S/C12H13ClF2O/c1-11(14,15)10-8(3-2-4-9(10)13)7-12(16)5-6-12/h2-4,16H,5-7H2,1H3. The number of aliphatic hydroxyl groups is 1. The second kappa shape index (κ2) is 3.67. The van der Waals surface area contributed by atoms with Crippen LogP contribution in [0.4, 0.5) is 8.78 Å². The number of rotatable bonds is 3. The number of benzene rings is 1. The monoisotopic (exact) mass is 246 g/mol. The van der Waals surface area contributed by atoms with Gasteiger partial charge in [-0.15, -0.1) is 0 Å². The first-order valence-corrected chi connectivity index (χ1v) is 5.58. The minimum atomic E-state index is -2.97. The summed E-state index contributed by atoms with van der Waals surface area (Å²) in [5.74, 6) is -2.97. The molecule has 88 valence electrons. The van der Waals surface area contributed by atoms with E-state index in [0.29, 0.717) is 18.4 Å². The van der Waals surface area contributed by atoms with Crippen LogP contribution < -0.4 is 0 Å². The lowest BCUT2D eigenvalue weighted by molar-refractivity contribution is 0.0160. The van der Waals surface area contributed by atoms with Crippen molar-refractivity contribution >= 4 is 11.6 Å². The Kier molecular flexibility index (Phi) is 2.71. The van der Waals surface area contributed by atoms with Gasteiger partial charge in [0.15, 0.2) is 0 Å². The van der Waals surface area contributed by atoms with Crippen molar-refractivity contribution in [1.82, 2.24) is 0 Å². The van der Waals surface area contributed by atoms with Gasteiger partial charge >= 0.3 is 0 Å². The number of alkyl halides is 2. The van der Waals surface area contributed by atoms with Gasteiger partial charge < -0.3 is 5.11 Å². The highest BCUT2D eigenvalue weighted by atomic mass is 35.5. The summed E-state index contributed by atoms with van der Waals surface area (Å²) in [6.45, 7) is 0.828. The Morgan fingerprint density at radius 1 is 1.44 bits per heavy atom. The smallest absolute Gasteiger partial charge is 0.272 e. The van der Waals surface area contributed by atoms with E-state index in [4.69, 9.17) is 11.6 Å². The minimum absolute atomic E-state index is 0.0641. The van der Waals surface area contributed by atoms with Gasteiger partial charge in [-0.25, -0.2) is 8.78 Å². The molecule has 0 aliphatic heterocycles. The molecule has 0 aromatic heterocycles. The van der Waals surface area contributed by atoms with Crippen LogP contribution in [0.15, 0.2) is 18.2 Å². The van der Waals surface area contributed by atoms with E-state index in [2.05, 4.69) is 0 Å². The Bertz CT molecular complexity index is 408. The summed E-state index contributed by atoms with van der Waals surface area (Å²) in [6, 6.07) is 4.70. The highest BCUT2D eigenvalue weighted by Crippen LogP contribution is 2.42. The maximum atomic E-state index is 13.4. The summed E-state index contributed by atoms with van der Waals surface area (Å²) in [4.78, 5) is 0. The molecule has 0 heterocycles. The molecule has 0 bridgehead atoms. The largest absolute Gasteiger partial charge is 0.390 e. The highest BCUT2D eigenvalue weighted by molar-refractivity contribution is 6.31. The van der Waals surface area contributed by atoms with Gasteiger partial charge in [0.1, 0.15) is 0 Å². The van der Waals surface area contributed by atoms with Crippen LogP contribution in [0.5, 0.6) is 0 Å². The summed E-state index contributed by atoms with van der Waals surface area (Å²) in [6.07, 6.45) is 1.61. The zero-order chi connectivity index (χ0) is 12.0. The van der Waals surface area contributed by atoms with Crippen LogP contribution in [0, 0.1) is 0 Å². The van der Waals surface area contributed by atoms with E-state index in [1.165, 1.54) is 6.07 Å². The Morgan fingerprint density at radius 2 is 2.06 bits per heavy atom. The average Bonchev–Trinajstić information content (AvgIpc) is 2.80. The fourth-order valence-corrected chi connectivity index (χ4v) is 2.24. The maximum Gasteiger partial charge on any atom is 0.272 e. The predicted octanol–water partition coefficient (Wildman–Crippen LogP) is 3.52. The molecule has 0 unspecified atom stereocenters. The van der Waals surface area contributed by atoms with Gasteiger partial charge in [-0.3, -0.25) is 0 Å². The zero-order valence-corrected chi connectivity index (χ0v) is 9.69. The number of hydrogen-bond acceptors (Lipinski definition) is 1. The van der Waals surface area contributed by atoms with Crippen LogP contribution in [0.1, 0.15) is 30.9 Å². The molecule has 4 heteroatoms. The molecule has 16 heavy (non-hydrogen) atoms. The molecule has 1 aliphatic carbocycles. The molecule has 0 spiro atoms. The molecule has 1 fully saturated rings. The Labute approximate surface area is 98.0 Å². The lowest BCUT2D eigenvalue weighted by Gasteiger charge is -2.19. The molecule has 0 atom stereocenters. The summed E-state index contributed by atoms with van der Waals surface area (Å²) >= 11 is 5.80. The van der Waals surface area contributed by atoms with Gasteiger partial charge in [-0.2, -0.15) is 0 Å². The van der Waals surface area contributed by atoms with E-state index >= 15 is 0 Å². The molecule has 2 rings (SSSR count). The van der Waals surface area contributed by atoms with Crippen LogP contribution in [0.2, 0.25) is 5.02 Å². The van der Waals surface area contributed by atoms with E-state index in [9.17, 15) is 13.9 Å². The molecular formula is C12H13ClF2O. The minimum Gasteiger partial charge on any atom is -0.390 e. The van der Waals surface area contributed by atoms with Gasteiger partial charge in [0.2, 0.25) is 0 Å². The SMILES string of the molecule is CC(F)(F)c1c(Cl)cccc1CC1(O)CC1. The molecule has 1 aromatic rings. The van der Waals surface area contributed by atoms with Crippen molar-refractivity contribution in [3.8, 4) is 0 Å². The predicted molar refractivity (Wildman–Crippen MR) is 58.9 cm³/mol. The van der Waals surface area contributed by atoms with Crippen molar-refractivity contribution in [3.05, 3.63) is 34.3 Å². The lowest BCUT2D eigenvalue weighted by Crippen LogP contribution is -2.17. The Balaban J connectivity index is 2.40. The van der Waals surface area contributed by atoms with Crippen LogP contribution in [-0.2, 0) is 12.3 Å². The lowest BCUT2D eigenvalue weighted by atomic mass is 9.97. The quantitative estimate of drug-likeness (QED) is 0.865. The topological polar surface area (TPSA) is 20.2 Å². The van der Waals surface area contributed by atoms with Crippen molar-refractivity contribution in [3.63, 3.8) is 0 Å². The van der Waals surface area contributed by atoms with Gasteiger partial charge in [-0.05, 0) is 24.5 Å². The van der Waals surface area contributed by atoms with Crippen LogP contribution in [0.3, 0.4) is 0 Å². The first kappa shape index (κ1) is 11.8. The van der Waals surface area contributed by atoms with Gasteiger partial charge in [-0.1, -0.05) is 23.7 Å². The van der Waals surface area contributed by atoms with E-state index in [1.54, 1.807) is 12.1 Å². The summed E-state index contributed by atoms with van der Waals surface area (Å²) in [7, 11) is 0. The van der Waals surface area contributed by atoms with Crippen LogP contribution >= 0.6 is 11.6 Å². The van der Waals surface area contributed by atoms with Crippen molar-refractivity contribution < 1.29 is 13.9 Å². The van der Waals surface area contributed by atoms with E-state index in [1.807, 2.05) is 0 Å². The third-order valence-corrected chi connectivity index (χ3v) is 3.20. The third-order valence-electron chi connectivity index (χ3n) is 2.89. The normalized spacial score (nSPS) is 18.6. The van der Waals surface area contributed by atoms with Gasteiger partial charge in [0, 0.05) is 18.9 Å². The third kappa shape index (κ3) is 2.36. The molecular weight excluding hydrogens is 234 g/mol. The van der Waals surface area contributed by atoms with Crippen molar-refractivity contribution in [2.24, 2.45) is 0 Å². The fourth-order valence-electron chi connectivity index (χ4n) is 1.88. The molecule has 1 aliphatic rings. The van der Waals surface area contributed by atoms with Gasteiger partial charge in [0.05, 0.1) is 10.6 Å². The summed E-state index contributed by atoms with van der Waals surface area (Å²) < 4.78 is 26.8. The van der Waals surface area contributed by atoms with Gasteiger partial charge in [0.25, 0.3) is 5.92 Å². The Hall–Kier alpha value is -0.670. The van der Waals surface area contributed by atoms with Crippen molar-refractivity contribution in [1.29, 1.82) is 0 Å². The molecule has 1 saturated carbocycles. The van der Waals surface area contributed by atoms with E-state index in [-0.39, 0.29) is 17.0 Å². The fraction of sp³-hybridized carbons (Fsp3) is 0.500. The molecule has 1 aromatic carbocycles. The molecule has 1 N–H and O–H groups in total. The Morgan fingerprint density at radius 3 is 2.56 bits per heavy atom. The van der Waals surface area contributed by atoms with Crippen molar-refractivity contribution in [2.75, 3.05) is 0 Å². The highest BCUT2D eigenvalue weighted by Gasteiger charge is 2.42. The van der Waals surface area contributed by atoms with E-state index in [0.717, 1.165) is 6.92 Å². The van der Waals surface area contributed by atoms with Crippen LogP contribution in [-0.4, -0.2) is 10.7 Å². The maximum absolute atomic E-state index is 13.4. The summed E-state index contributed by atoms with van der Waals surface area (Å²) in [5, 5.41) is 9.84. The molecule has 0 amide bonds. The number of halogens is 3.